The van der Waals surface area contributed by atoms with Crippen molar-refractivity contribution >= 4 is 16.8 Å². The Morgan fingerprint density at radius 3 is 2.11 bits per heavy atom. The van der Waals surface area contributed by atoms with Gasteiger partial charge in [-0.3, -0.25) is 0 Å². The van der Waals surface area contributed by atoms with Crippen LogP contribution in [0.2, 0.25) is 0 Å². The van der Waals surface area contributed by atoms with Crippen molar-refractivity contribution in [1.29, 1.82) is 0 Å². The van der Waals surface area contributed by atoms with E-state index in [4.69, 9.17) is 5.73 Å². The van der Waals surface area contributed by atoms with E-state index >= 15 is 0 Å². The lowest BCUT2D eigenvalue weighted by Gasteiger charge is -2.18. The van der Waals surface area contributed by atoms with Gasteiger partial charge in [-0.1, -0.05) is 18.2 Å². The molecular formula is C18H23N. The molecule has 1 heteroatoms. The molecule has 0 saturated heterocycles. The molecule has 100 valence electrons. The van der Waals surface area contributed by atoms with Crippen molar-refractivity contribution in [1.82, 2.24) is 0 Å². The highest BCUT2D eigenvalue weighted by molar-refractivity contribution is 5.79. The van der Waals surface area contributed by atoms with E-state index in [2.05, 4.69) is 30.4 Å². The lowest BCUT2D eigenvalue weighted by Crippen LogP contribution is -1.99. The van der Waals surface area contributed by atoms with Crippen LogP contribution in [-0.2, 0) is 0 Å². The zero-order valence-corrected chi connectivity index (χ0v) is 11.6. The fourth-order valence-electron chi connectivity index (χ4n) is 3.22. The topological polar surface area (TPSA) is 26.0 Å². The van der Waals surface area contributed by atoms with Crippen molar-refractivity contribution in [3.8, 4) is 0 Å². The number of hydrogen-bond donors (Lipinski definition) is 1. The Bertz CT molecular complexity index is 522. The Morgan fingerprint density at radius 2 is 1.47 bits per heavy atom. The molecule has 2 N–H and O–H groups in total. The smallest absolute Gasteiger partial charge is 0.0390 e. The fraction of sp³-hybridized carbons (Fsp3) is 0.444. The Kier molecular flexibility index (Phi) is 3.72. The van der Waals surface area contributed by atoms with E-state index in [0.717, 1.165) is 5.69 Å². The molecule has 0 bridgehead atoms. The van der Waals surface area contributed by atoms with Crippen LogP contribution in [0, 0.1) is 0 Å². The minimum absolute atomic E-state index is 0.938. The van der Waals surface area contributed by atoms with Gasteiger partial charge in [0.1, 0.15) is 0 Å². The molecule has 0 spiro atoms. The van der Waals surface area contributed by atoms with Crippen LogP contribution >= 0.6 is 0 Å². The highest BCUT2D eigenvalue weighted by Crippen LogP contribution is 2.34. The largest absolute Gasteiger partial charge is 0.398 e. The molecule has 2 aliphatic rings. The zero-order chi connectivity index (χ0) is 13.1. The minimum atomic E-state index is 0.938. The van der Waals surface area contributed by atoms with Crippen LogP contribution in [0.1, 0.15) is 62.5 Å². The molecule has 0 radical (unpaired) electrons. The van der Waals surface area contributed by atoms with Crippen LogP contribution < -0.4 is 5.73 Å². The van der Waals surface area contributed by atoms with Crippen molar-refractivity contribution in [2.24, 2.45) is 0 Å². The Hall–Kier alpha value is -1.50. The summed E-state index contributed by atoms with van der Waals surface area (Å²) < 4.78 is 0. The maximum Gasteiger partial charge on any atom is 0.0390 e. The van der Waals surface area contributed by atoms with Gasteiger partial charge in [-0.25, -0.2) is 0 Å². The molecule has 0 fully saturated rings. The van der Waals surface area contributed by atoms with Crippen molar-refractivity contribution in [3.05, 3.63) is 41.5 Å². The van der Waals surface area contributed by atoms with Crippen LogP contribution in [0.25, 0.3) is 11.1 Å². The maximum atomic E-state index is 6.19. The van der Waals surface area contributed by atoms with Crippen LogP contribution in [0.3, 0.4) is 0 Å². The number of hydrogen-bond acceptors (Lipinski definition) is 1. The average Bonchev–Trinajstić information content (AvgIpc) is 2.49. The summed E-state index contributed by atoms with van der Waals surface area (Å²) in [6.07, 6.45) is 15.0. The van der Waals surface area contributed by atoms with E-state index in [9.17, 15) is 0 Å². The molecule has 0 unspecified atom stereocenters. The van der Waals surface area contributed by atoms with Crippen molar-refractivity contribution in [3.63, 3.8) is 0 Å². The van der Waals surface area contributed by atoms with E-state index in [0.29, 0.717) is 0 Å². The number of benzene rings is 1. The quantitative estimate of drug-likeness (QED) is 0.722. The van der Waals surface area contributed by atoms with Gasteiger partial charge in [0.05, 0.1) is 0 Å². The lowest BCUT2D eigenvalue weighted by molar-refractivity contribution is 0.740. The second-order valence-corrected chi connectivity index (χ2v) is 5.75. The molecule has 1 aromatic carbocycles. The maximum absolute atomic E-state index is 6.19. The van der Waals surface area contributed by atoms with Gasteiger partial charge in [0.2, 0.25) is 0 Å². The van der Waals surface area contributed by atoms with Gasteiger partial charge in [-0.15, -0.1) is 0 Å². The summed E-state index contributed by atoms with van der Waals surface area (Å²) >= 11 is 0. The summed E-state index contributed by atoms with van der Waals surface area (Å²) in [5, 5.41) is 0. The first-order chi connectivity index (χ1) is 9.34. The first kappa shape index (κ1) is 12.5. The summed E-state index contributed by atoms with van der Waals surface area (Å²) in [5.41, 5.74) is 12.8. The highest BCUT2D eigenvalue weighted by Gasteiger charge is 2.12. The first-order valence-electron chi connectivity index (χ1n) is 7.63. The van der Waals surface area contributed by atoms with Crippen molar-refractivity contribution < 1.29 is 0 Å². The van der Waals surface area contributed by atoms with Gasteiger partial charge in [-0.05, 0) is 80.2 Å². The van der Waals surface area contributed by atoms with Gasteiger partial charge in [0, 0.05) is 11.3 Å². The number of anilines is 1. The summed E-state index contributed by atoms with van der Waals surface area (Å²) in [7, 11) is 0. The number of allylic oxidation sites excluding steroid dienone is 4. The molecule has 0 amide bonds. The Labute approximate surface area is 116 Å². The van der Waals surface area contributed by atoms with Crippen molar-refractivity contribution in [2.45, 2.75) is 51.4 Å². The Balaban J connectivity index is 1.95. The molecule has 19 heavy (non-hydrogen) atoms. The summed E-state index contributed by atoms with van der Waals surface area (Å²) in [5.74, 6) is 0. The predicted octanol–water partition coefficient (Wildman–Crippen LogP) is 5.18. The van der Waals surface area contributed by atoms with Crippen LogP contribution in [0.4, 0.5) is 5.69 Å². The van der Waals surface area contributed by atoms with Crippen LogP contribution in [0.15, 0.2) is 30.4 Å². The SMILES string of the molecule is Nc1ccc(C2=CCCCC2)cc1C1=CCCCC1. The molecule has 0 aromatic heterocycles. The number of rotatable bonds is 2. The van der Waals surface area contributed by atoms with E-state index in [-0.39, 0.29) is 0 Å². The van der Waals surface area contributed by atoms with Crippen molar-refractivity contribution in [2.75, 3.05) is 5.73 Å². The fourth-order valence-corrected chi connectivity index (χ4v) is 3.22. The molecule has 0 saturated carbocycles. The molecule has 0 aliphatic heterocycles. The normalized spacial score (nSPS) is 19.8. The van der Waals surface area contributed by atoms with Gasteiger partial charge in [-0.2, -0.15) is 0 Å². The first-order valence-corrected chi connectivity index (χ1v) is 7.63. The third kappa shape index (κ3) is 2.75. The third-order valence-electron chi connectivity index (χ3n) is 4.35. The van der Waals surface area contributed by atoms with E-state index in [1.54, 1.807) is 0 Å². The molecule has 2 aliphatic carbocycles. The summed E-state index contributed by atoms with van der Waals surface area (Å²) in [4.78, 5) is 0. The van der Waals surface area contributed by atoms with Gasteiger partial charge < -0.3 is 5.73 Å². The van der Waals surface area contributed by atoms with Crippen LogP contribution in [-0.4, -0.2) is 0 Å². The summed E-state index contributed by atoms with van der Waals surface area (Å²) in [6.45, 7) is 0. The average molecular weight is 253 g/mol. The third-order valence-corrected chi connectivity index (χ3v) is 4.35. The van der Waals surface area contributed by atoms with E-state index in [1.165, 1.54) is 73.6 Å². The molecule has 0 heterocycles. The molecule has 1 aromatic rings. The minimum Gasteiger partial charge on any atom is -0.398 e. The van der Waals surface area contributed by atoms with E-state index in [1.807, 2.05) is 0 Å². The lowest BCUT2D eigenvalue weighted by atomic mass is 9.88. The zero-order valence-electron chi connectivity index (χ0n) is 11.6. The summed E-state index contributed by atoms with van der Waals surface area (Å²) in [6, 6.07) is 6.61. The molecule has 1 nitrogen and oxygen atoms in total. The standard InChI is InChI=1S/C18H23N/c19-18-12-11-16(14-7-3-1-4-8-14)13-17(18)15-9-5-2-6-10-15/h7,9,11-13H,1-6,8,10,19H2. The van der Waals surface area contributed by atoms with Gasteiger partial charge in [0.25, 0.3) is 0 Å². The monoisotopic (exact) mass is 253 g/mol. The molecular weight excluding hydrogens is 230 g/mol. The number of nitrogens with two attached hydrogens (primary N) is 1. The predicted molar refractivity (Wildman–Crippen MR) is 83.7 cm³/mol. The van der Waals surface area contributed by atoms with Crippen LogP contribution in [0.5, 0.6) is 0 Å². The van der Waals surface area contributed by atoms with E-state index < -0.39 is 0 Å². The van der Waals surface area contributed by atoms with Gasteiger partial charge in [0.15, 0.2) is 0 Å². The second-order valence-electron chi connectivity index (χ2n) is 5.75. The second kappa shape index (κ2) is 5.64. The number of nitrogen functional groups attached to an aromatic ring is 1. The van der Waals surface area contributed by atoms with Gasteiger partial charge >= 0.3 is 0 Å². The molecule has 0 atom stereocenters. The molecule has 3 rings (SSSR count). The highest BCUT2D eigenvalue weighted by atomic mass is 14.6. The Morgan fingerprint density at radius 1 is 0.789 bits per heavy atom.